The SMILES string of the molecule is CC1C[C@]2(CCN1Cc1cccc(C(F)(F)F)c1)C(=NC1CCCCC1)NC(=O)N2c1cccc(F)c1. The molecule has 2 saturated heterocycles. The normalized spacial score (nSPS) is 26.7. The molecule has 0 radical (unpaired) electrons. The number of urea groups is 1. The Balaban J connectivity index is 1.44. The van der Waals surface area contributed by atoms with E-state index in [-0.39, 0.29) is 18.1 Å². The fourth-order valence-corrected chi connectivity index (χ4v) is 6.10. The van der Waals surface area contributed by atoms with Gasteiger partial charge in [0.15, 0.2) is 0 Å². The van der Waals surface area contributed by atoms with Gasteiger partial charge in [-0.2, -0.15) is 13.2 Å². The first-order valence-corrected chi connectivity index (χ1v) is 13.0. The molecule has 37 heavy (non-hydrogen) atoms. The maximum Gasteiger partial charge on any atom is 0.416 e. The summed E-state index contributed by atoms with van der Waals surface area (Å²) in [6.07, 6.45) is 2.05. The van der Waals surface area contributed by atoms with Crippen LogP contribution in [0.25, 0.3) is 0 Å². The van der Waals surface area contributed by atoms with E-state index in [0.717, 1.165) is 31.7 Å². The third kappa shape index (κ3) is 5.23. The summed E-state index contributed by atoms with van der Waals surface area (Å²) in [5.41, 5.74) is -0.344. The van der Waals surface area contributed by atoms with Crippen LogP contribution in [0, 0.1) is 5.82 Å². The minimum absolute atomic E-state index is 0.0522. The number of carbonyl (C=O) groups is 1. The van der Waals surface area contributed by atoms with Crippen LogP contribution in [0.1, 0.15) is 63.0 Å². The van der Waals surface area contributed by atoms with E-state index < -0.39 is 23.1 Å². The number of anilines is 1. The molecule has 2 aliphatic heterocycles. The molecule has 5 nitrogen and oxygen atoms in total. The fraction of sp³-hybridized carbons (Fsp3) is 0.500. The number of halogens is 4. The van der Waals surface area contributed by atoms with E-state index in [1.807, 2.05) is 6.92 Å². The van der Waals surface area contributed by atoms with Gasteiger partial charge >= 0.3 is 12.2 Å². The zero-order chi connectivity index (χ0) is 26.2. The van der Waals surface area contributed by atoms with Gasteiger partial charge in [-0.05, 0) is 62.4 Å². The molecule has 2 amide bonds. The highest BCUT2D eigenvalue weighted by Gasteiger charge is 2.54. The second-order valence-electron chi connectivity index (χ2n) is 10.5. The Labute approximate surface area is 214 Å². The maximum absolute atomic E-state index is 14.2. The third-order valence-electron chi connectivity index (χ3n) is 7.96. The summed E-state index contributed by atoms with van der Waals surface area (Å²) in [5, 5.41) is 3.01. The van der Waals surface area contributed by atoms with Crippen LogP contribution >= 0.6 is 0 Å². The molecule has 9 heteroatoms. The number of carbonyl (C=O) groups excluding carboxylic acids is 1. The van der Waals surface area contributed by atoms with E-state index in [1.54, 1.807) is 23.1 Å². The average Bonchev–Trinajstić information content (AvgIpc) is 3.11. The third-order valence-corrected chi connectivity index (χ3v) is 7.96. The van der Waals surface area contributed by atoms with E-state index in [4.69, 9.17) is 4.99 Å². The number of likely N-dealkylation sites (tertiary alicyclic amines) is 1. The number of nitrogens with zero attached hydrogens (tertiary/aromatic N) is 3. The smallest absolute Gasteiger partial charge is 0.296 e. The zero-order valence-corrected chi connectivity index (χ0v) is 20.9. The molecule has 0 aromatic heterocycles. The van der Waals surface area contributed by atoms with Gasteiger partial charge in [0.1, 0.15) is 17.2 Å². The lowest BCUT2D eigenvalue weighted by Gasteiger charge is -2.47. The van der Waals surface area contributed by atoms with Gasteiger partial charge in [-0.15, -0.1) is 0 Å². The lowest BCUT2D eigenvalue weighted by atomic mass is 9.81. The number of benzene rings is 2. The minimum atomic E-state index is -4.39. The molecule has 0 bridgehead atoms. The number of amidine groups is 1. The summed E-state index contributed by atoms with van der Waals surface area (Å²) >= 11 is 0. The van der Waals surface area contributed by atoms with Gasteiger partial charge in [0.05, 0.1) is 11.6 Å². The molecule has 1 spiro atoms. The molecular weight excluding hydrogens is 484 g/mol. The van der Waals surface area contributed by atoms with Crippen molar-refractivity contribution in [3.63, 3.8) is 0 Å². The molecule has 1 unspecified atom stereocenters. The minimum Gasteiger partial charge on any atom is -0.296 e. The van der Waals surface area contributed by atoms with Crippen molar-refractivity contribution in [1.29, 1.82) is 0 Å². The van der Waals surface area contributed by atoms with Gasteiger partial charge in [-0.25, -0.2) is 9.18 Å². The monoisotopic (exact) mass is 516 g/mol. The molecule has 198 valence electrons. The first-order valence-electron chi connectivity index (χ1n) is 13.0. The quantitative estimate of drug-likeness (QED) is 0.470. The van der Waals surface area contributed by atoms with Crippen molar-refractivity contribution in [3.05, 3.63) is 65.5 Å². The van der Waals surface area contributed by atoms with Crippen molar-refractivity contribution in [2.45, 2.75) is 82.2 Å². The summed E-state index contributed by atoms with van der Waals surface area (Å²) in [6.45, 7) is 2.96. The Morgan fingerprint density at radius 1 is 1.08 bits per heavy atom. The predicted molar refractivity (Wildman–Crippen MR) is 135 cm³/mol. The zero-order valence-electron chi connectivity index (χ0n) is 20.9. The number of aliphatic imine (C=N–C) groups is 1. The molecule has 3 aliphatic rings. The van der Waals surface area contributed by atoms with Crippen molar-refractivity contribution >= 4 is 17.6 Å². The molecular formula is C28H32F4N4O. The van der Waals surface area contributed by atoms with Crippen LogP contribution in [-0.4, -0.2) is 40.9 Å². The van der Waals surface area contributed by atoms with E-state index in [0.29, 0.717) is 43.0 Å². The van der Waals surface area contributed by atoms with Gasteiger partial charge in [0.2, 0.25) is 0 Å². The van der Waals surface area contributed by atoms with Crippen molar-refractivity contribution in [2.75, 3.05) is 11.4 Å². The molecule has 1 N–H and O–H groups in total. The Morgan fingerprint density at radius 2 is 1.84 bits per heavy atom. The summed E-state index contributed by atoms with van der Waals surface area (Å²) < 4.78 is 53.9. The summed E-state index contributed by atoms with van der Waals surface area (Å²) in [6, 6.07) is 11.2. The largest absolute Gasteiger partial charge is 0.416 e. The summed E-state index contributed by atoms with van der Waals surface area (Å²) in [7, 11) is 0. The first-order chi connectivity index (χ1) is 17.7. The predicted octanol–water partition coefficient (Wildman–Crippen LogP) is 6.53. The molecule has 1 aliphatic carbocycles. The summed E-state index contributed by atoms with van der Waals surface area (Å²) in [5.74, 6) is 0.215. The number of nitrogens with one attached hydrogen (secondary N) is 1. The molecule has 3 fully saturated rings. The van der Waals surface area contributed by atoms with Crippen LogP contribution in [0.5, 0.6) is 0 Å². The highest BCUT2D eigenvalue weighted by Crippen LogP contribution is 2.41. The molecule has 2 atom stereocenters. The van der Waals surface area contributed by atoms with Gasteiger partial charge in [-0.3, -0.25) is 20.1 Å². The van der Waals surface area contributed by atoms with Crippen LogP contribution in [0.3, 0.4) is 0 Å². The van der Waals surface area contributed by atoms with Crippen LogP contribution < -0.4 is 10.2 Å². The van der Waals surface area contributed by atoms with Crippen molar-refractivity contribution in [3.8, 4) is 0 Å². The van der Waals surface area contributed by atoms with Gasteiger partial charge < -0.3 is 0 Å². The molecule has 2 aromatic rings. The second kappa shape index (κ2) is 10.1. The van der Waals surface area contributed by atoms with Crippen LogP contribution in [0.2, 0.25) is 0 Å². The topological polar surface area (TPSA) is 47.9 Å². The van der Waals surface area contributed by atoms with Crippen molar-refractivity contribution in [2.24, 2.45) is 4.99 Å². The average molecular weight is 517 g/mol. The Bertz CT molecular complexity index is 1180. The Kier molecular flexibility index (Phi) is 7.00. The number of alkyl halides is 3. The van der Waals surface area contributed by atoms with Gasteiger partial charge in [0.25, 0.3) is 0 Å². The Hall–Kier alpha value is -2.94. The number of rotatable bonds is 4. The first kappa shape index (κ1) is 25.7. The fourth-order valence-electron chi connectivity index (χ4n) is 6.10. The Morgan fingerprint density at radius 3 is 2.54 bits per heavy atom. The lowest BCUT2D eigenvalue weighted by Crippen LogP contribution is -2.59. The van der Waals surface area contributed by atoms with Crippen LogP contribution in [-0.2, 0) is 12.7 Å². The van der Waals surface area contributed by atoms with Crippen molar-refractivity contribution in [1.82, 2.24) is 10.2 Å². The maximum atomic E-state index is 14.2. The number of hydrogen-bond donors (Lipinski definition) is 1. The van der Waals surface area contributed by atoms with E-state index >= 15 is 0 Å². The van der Waals surface area contributed by atoms with Gasteiger partial charge in [-0.1, -0.05) is 43.5 Å². The second-order valence-corrected chi connectivity index (χ2v) is 10.5. The van der Waals surface area contributed by atoms with E-state index in [1.165, 1.54) is 30.7 Å². The molecule has 2 heterocycles. The highest BCUT2D eigenvalue weighted by atomic mass is 19.4. The standard InChI is InChI=1S/C28H32F4N4O/c1-19-17-27(13-14-35(19)18-20-7-5-8-21(15-20)28(30,31)32)25(33-23-10-3-2-4-11-23)34-26(37)36(27)24-12-6-9-22(29)16-24/h5-9,12,15-16,19,23H,2-4,10-11,13-14,17-18H2,1H3,(H,33,34,37)/t19?,27-/m1/s1. The van der Waals surface area contributed by atoms with Crippen LogP contribution in [0.4, 0.5) is 28.0 Å². The number of hydrogen-bond acceptors (Lipinski definition) is 3. The summed E-state index contributed by atoms with van der Waals surface area (Å²) in [4.78, 5) is 22.2. The highest BCUT2D eigenvalue weighted by molar-refractivity contribution is 6.19. The van der Waals surface area contributed by atoms with E-state index in [2.05, 4.69) is 10.2 Å². The van der Waals surface area contributed by atoms with Crippen molar-refractivity contribution < 1.29 is 22.4 Å². The van der Waals surface area contributed by atoms with Gasteiger partial charge in [0, 0.05) is 24.8 Å². The number of amides is 2. The number of piperidine rings is 1. The van der Waals surface area contributed by atoms with Crippen LogP contribution in [0.15, 0.2) is 53.5 Å². The molecule has 2 aromatic carbocycles. The van der Waals surface area contributed by atoms with E-state index in [9.17, 15) is 22.4 Å². The lowest BCUT2D eigenvalue weighted by molar-refractivity contribution is -0.137. The molecule has 1 saturated carbocycles. The molecule has 5 rings (SSSR count).